The van der Waals surface area contributed by atoms with Crippen LogP contribution in [0.25, 0.3) is 17.4 Å². The number of rotatable bonds is 6. The molecule has 2 aromatic carbocycles. The fourth-order valence-corrected chi connectivity index (χ4v) is 4.58. The minimum atomic E-state index is -0.897. The summed E-state index contributed by atoms with van der Waals surface area (Å²) in [5.74, 6) is -0.929. The van der Waals surface area contributed by atoms with Crippen LogP contribution in [0.4, 0.5) is 5.69 Å². The Balaban J connectivity index is 1.58. The van der Waals surface area contributed by atoms with Crippen molar-refractivity contribution in [1.29, 1.82) is 5.26 Å². The monoisotopic (exact) mass is 586 g/mol. The minimum absolute atomic E-state index is 0.0136. The summed E-state index contributed by atoms with van der Waals surface area (Å²) in [4.78, 5) is 44.4. The van der Waals surface area contributed by atoms with Gasteiger partial charge in [-0.3, -0.25) is 23.5 Å². The molecular formula is C29H20Cl2N6O4. The number of amides is 1. The molecule has 10 nitrogen and oxygen atoms in total. The van der Waals surface area contributed by atoms with Gasteiger partial charge in [-0.25, -0.2) is 4.68 Å². The Morgan fingerprint density at radius 1 is 1.05 bits per heavy atom. The molecule has 3 aromatic heterocycles. The van der Waals surface area contributed by atoms with Gasteiger partial charge in [0.25, 0.3) is 17.0 Å². The Kier molecular flexibility index (Phi) is 7.48. The molecule has 0 saturated heterocycles. The molecule has 0 fully saturated rings. The molecule has 12 heteroatoms. The second-order valence-electron chi connectivity index (χ2n) is 8.80. The number of anilines is 1. The number of fused-ring (bicyclic) bond motifs is 1. The Morgan fingerprint density at radius 2 is 1.78 bits per heavy atom. The molecule has 3 heterocycles. The van der Waals surface area contributed by atoms with E-state index >= 15 is 0 Å². The predicted octanol–water partition coefficient (Wildman–Crippen LogP) is 5.14. The number of para-hydroxylation sites is 1. The Labute approximate surface area is 242 Å². The lowest BCUT2D eigenvalue weighted by Gasteiger charge is -2.11. The van der Waals surface area contributed by atoms with Crippen LogP contribution in [0.5, 0.6) is 11.6 Å². The average molecular weight is 587 g/mol. The van der Waals surface area contributed by atoms with E-state index in [9.17, 15) is 19.6 Å². The molecule has 0 aliphatic heterocycles. The Morgan fingerprint density at radius 3 is 2.49 bits per heavy atom. The lowest BCUT2D eigenvalue weighted by molar-refractivity contribution is -0.112. The molecule has 204 valence electrons. The standard InChI is InChI=1S/C29H20Cl2N6O4/c1-17-25(29(40)37(35(17)2)20-8-4-3-5-9-20)34-26(38)18(16-32)14-21-27(41-23-12-11-19(30)15-22(23)31)33-24-10-6-7-13-36(24)28(21)39/h3-15H,1-2H3,(H,34,38). The highest BCUT2D eigenvalue weighted by atomic mass is 35.5. The lowest BCUT2D eigenvalue weighted by Crippen LogP contribution is -2.24. The number of aromatic nitrogens is 4. The minimum Gasteiger partial charge on any atom is -0.437 e. The molecule has 1 N–H and O–H groups in total. The van der Waals surface area contributed by atoms with Crippen LogP contribution >= 0.6 is 23.2 Å². The van der Waals surface area contributed by atoms with Gasteiger partial charge in [-0.15, -0.1) is 0 Å². The van der Waals surface area contributed by atoms with Gasteiger partial charge >= 0.3 is 0 Å². The van der Waals surface area contributed by atoms with Crippen LogP contribution in [0, 0.1) is 18.3 Å². The van der Waals surface area contributed by atoms with Gasteiger partial charge in [0, 0.05) is 18.3 Å². The highest BCUT2D eigenvalue weighted by Gasteiger charge is 2.22. The zero-order valence-electron chi connectivity index (χ0n) is 21.6. The number of pyridine rings is 1. The smallest absolute Gasteiger partial charge is 0.295 e. The number of hydrogen-bond acceptors (Lipinski definition) is 6. The number of carbonyl (C=O) groups is 1. The third-order valence-corrected chi connectivity index (χ3v) is 6.81. The molecule has 0 bridgehead atoms. The maximum atomic E-state index is 13.5. The summed E-state index contributed by atoms with van der Waals surface area (Å²) in [5, 5.41) is 13.0. The lowest BCUT2D eigenvalue weighted by atomic mass is 10.1. The van der Waals surface area contributed by atoms with E-state index in [1.165, 1.54) is 27.4 Å². The van der Waals surface area contributed by atoms with Gasteiger partial charge in [0.05, 0.1) is 16.4 Å². The molecule has 0 atom stereocenters. The van der Waals surface area contributed by atoms with Crippen molar-refractivity contribution in [3.8, 4) is 23.4 Å². The van der Waals surface area contributed by atoms with Crippen LogP contribution < -0.4 is 21.2 Å². The molecular weight excluding hydrogens is 567 g/mol. The van der Waals surface area contributed by atoms with Gasteiger partial charge < -0.3 is 10.1 Å². The fourth-order valence-electron chi connectivity index (χ4n) is 4.13. The van der Waals surface area contributed by atoms with E-state index in [-0.39, 0.29) is 33.6 Å². The van der Waals surface area contributed by atoms with Crippen molar-refractivity contribution in [2.24, 2.45) is 7.05 Å². The third-order valence-electron chi connectivity index (χ3n) is 6.28. The summed E-state index contributed by atoms with van der Waals surface area (Å²) in [5.41, 5.74) is -0.428. The van der Waals surface area contributed by atoms with E-state index in [1.807, 2.05) is 6.07 Å². The number of benzene rings is 2. The first-order valence-corrected chi connectivity index (χ1v) is 12.9. The quantitative estimate of drug-likeness (QED) is 0.217. The number of nitrogens with zero attached hydrogens (tertiary/aromatic N) is 5. The van der Waals surface area contributed by atoms with E-state index in [2.05, 4.69) is 10.3 Å². The van der Waals surface area contributed by atoms with Crippen LogP contribution in [0.3, 0.4) is 0 Å². The largest absolute Gasteiger partial charge is 0.437 e. The molecule has 1 amide bonds. The molecule has 0 aliphatic carbocycles. The van der Waals surface area contributed by atoms with Gasteiger partial charge in [0.2, 0.25) is 5.88 Å². The van der Waals surface area contributed by atoms with Crippen molar-refractivity contribution < 1.29 is 9.53 Å². The molecule has 0 spiro atoms. The van der Waals surface area contributed by atoms with Crippen LogP contribution in [0.2, 0.25) is 10.0 Å². The van der Waals surface area contributed by atoms with Crippen LogP contribution in [-0.2, 0) is 11.8 Å². The van der Waals surface area contributed by atoms with Crippen LogP contribution in [-0.4, -0.2) is 24.7 Å². The normalized spacial score (nSPS) is 11.3. The number of hydrogen-bond donors (Lipinski definition) is 1. The summed E-state index contributed by atoms with van der Waals surface area (Å²) in [6.45, 7) is 1.66. The highest BCUT2D eigenvalue weighted by Crippen LogP contribution is 2.32. The summed E-state index contributed by atoms with van der Waals surface area (Å²) in [6.07, 6.45) is 2.56. The summed E-state index contributed by atoms with van der Waals surface area (Å²) in [6, 6.07) is 20.1. The summed E-state index contributed by atoms with van der Waals surface area (Å²) < 4.78 is 10.1. The van der Waals surface area contributed by atoms with Crippen molar-refractivity contribution in [2.45, 2.75) is 6.92 Å². The second-order valence-corrected chi connectivity index (χ2v) is 9.65. The van der Waals surface area contributed by atoms with E-state index in [4.69, 9.17) is 27.9 Å². The molecule has 41 heavy (non-hydrogen) atoms. The van der Waals surface area contributed by atoms with Gasteiger partial charge in [-0.1, -0.05) is 47.5 Å². The number of carbonyl (C=O) groups excluding carboxylic acids is 1. The maximum absolute atomic E-state index is 13.5. The zero-order chi connectivity index (χ0) is 29.3. The van der Waals surface area contributed by atoms with E-state index in [1.54, 1.807) is 73.3 Å². The van der Waals surface area contributed by atoms with E-state index < -0.39 is 22.6 Å². The average Bonchev–Trinajstić information content (AvgIpc) is 3.17. The van der Waals surface area contributed by atoms with Gasteiger partial charge in [-0.2, -0.15) is 10.2 Å². The summed E-state index contributed by atoms with van der Waals surface area (Å²) >= 11 is 12.3. The molecule has 5 aromatic rings. The maximum Gasteiger partial charge on any atom is 0.295 e. The van der Waals surface area contributed by atoms with Crippen LogP contribution in [0.15, 0.2) is 88.1 Å². The van der Waals surface area contributed by atoms with Crippen molar-refractivity contribution in [3.05, 3.63) is 121 Å². The van der Waals surface area contributed by atoms with Gasteiger partial charge in [0.1, 0.15) is 34.3 Å². The van der Waals surface area contributed by atoms with E-state index in [0.717, 1.165) is 6.08 Å². The van der Waals surface area contributed by atoms with Gasteiger partial charge in [0.15, 0.2) is 0 Å². The first-order valence-electron chi connectivity index (χ1n) is 12.1. The number of ether oxygens (including phenoxy) is 1. The topological polar surface area (TPSA) is 123 Å². The zero-order valence-corrected chi connectivity index (χ0v) is 23.1. The number of nitrogens with one attached hydrogen (secondary N) is 1. The molecule has 0 aliphatic rings. The first kappa shape index (κ1) is 27.5. The Bertz CT molecular complexity index is 2020. The van der Waals surface area contributed by atoms with Gasteiger partial charge in [-0.05, 0) is 55.5 Å². The molecule has 5 rings (SSSR count). The van der Waals surface area contributed by atoms with Crippen LogP contribution in [0.1, 0.15) is 11.3 Å². The summed E-state index contributed by atoms with van der Waals surface area (Å²) in [7, 11) is 1.67. The third kappa shape index (κ3) is 5.24. The molecule has 0 unspecified atom stereocenters. The number of nitriles is 1. The first-order chi connectivity index (χ1) is 19.7. The van der Waals surface area contributed by atoms with Crippen molar-refractivity contribution in [3.63, 3.8) is 0 Å². The SMILES string of the molecule is Cc1c(NC(=O)C(C#N)=Cc2c(Oc3ccc(Cl)cc3Cl)nc3ccccn3c2=O)c(=O)n(-c2ccccc2)n1C. The van der Waals surface area contributed by atoms with Crippen molar-refractivity contribution in [2.75, 3.05) is 5.32 Å². The Hall–Kier alpha value is -5.11. The van der Waals surface area contributed by atoms with Crippen molar-refractivity contribution in [1.82, 2.24) is 18.7 Å². The fraction of sp³-hybridized carbons (Fsp3) is 0.0690. The number of halogens is 2. The van der Waals surface area contributed by atoms with Crippen molar-refractivity contribution >= 4 is 46.5 Å². The predicted molar refractivity (Wildman–Crippen MR) is 156 cm³/mol. The highest BCUT2D eigenvalue weighted by molar-refractivity contribution is 6.35. The van der Waals surface area contributed by atoms with E-state index in [0.29, 0.717) is 16.4 Å². The second kappa shape index (κ2) is 11.2. The molecule has 0 saturated carbocycles. The molecule has 0 radical (unpaired) electrons.